The molecule has 0 saturated carbocycles. The lowest BCUT2D eigenvalue weighted by molar-refractivity contribution is 0.190. The Hall–Kier alpha value is -1.63. The largest absolute Gasteiger partial charge is 0.493 e. The maximum absolute atomic E-state index is 5.77. The van der Waals surface area contributed by atoms with Gasteiger partial charge in [0.1, 0.15) is 5.75 Å². The molecule has 1 saturated heterocycles. The van der Waals surface area contributed by atoms with Crippen molar-refractivity contribution in [2.24, 2.45) is 0 Å². The Kier molecular flexibility index (Phi) is 7.23. The molecule has 6 nitrogen and oxygen atoms in total. The summed E-state index contributed by atoms with van der Waals surface area (Å²) in [4.78, 5) is 6.76. The van der Waals surface area contributed by atoms with Gasteiger partial charge in [0.15, 0.2) is 5.82 Å². The van der Waals surface area contributed by atoms with Crippen LogP contribution >= 0.6 is 12.4 Å². The smallest absolute Gasteiger partial charge is 0.230 e. The zero-order chi connectivity index (χ0) is 16.9. The molecule has 1 aliphatic heterocycles. The second kappa shape index (κ2) is 9.17. The van der Waals surface area contributed by atoms with Gasteiger partial charge in [-0.25, -0.2) is 0 Å². The van der Waals surface area contributed by atoms with Crippen LogP contribution in [0.3, 0.4) is 0 Å². The molecule has 0 radical (unpaired) electrons. The zero-order valence-corrected chi connectivity index (χ0v) is 15.9. The van der Waals surface area contributed by atoms with Crippen LogP contribution in [0.5, 0.6) is 5.75 Å². The zero-order valence-electron chi connectivity index (χ0n) is 15.1. The van der Waals surface area contributed by atoms with Gasteiger partial charge in [0.25, 0.3) is 0 Å². The number of rotatable bonds is 6. The standard InChI is InChI=1S/C18H26N4O2.ClH/c1-13(2)14-4-6-15(7-5-14)23-11-8-17-20-18(21-24-17)16-12-19-9-10-22(16)3;/h4-7,13,16,19H,8-12H2,1-3H3;1H. The number of ether oxygens (including phenoxy) is 1. The number of nitrogens with zero attached hydrogens (tertiary/aromatic N) is 3. The molecule has 1 aromatic heterocycles. The number of aromatic nitrogens is 2. The highest BCUT2D eigenvalue weighted by molar-refractivity contribution is 5.85. The fraction of sp³-hybridized carbons (Fsp3) is 0.556. The van der Waals surface area contributed by atoms with Crippen LogP contribution in [0.2, 0.25) is 0 Å². The third-order valence-electron chi connectivity index (χ3n) is 4.42. The van der Waals surface area contributed by atoms with Crippen molar-refractivity contribution in [2.45, 2.75) is 32.2 Å². The quantitative estimate of drug-likeness (QED) is 0.848. The predicted octanol–water partition coefficient (Wildman–Crippen LogP) is 2.81. The summed E-state index contributed by atoms with van der Waals surface area (Å²) < 4.78 is 11.1. The van der Waals surface area contributed by atoms with Crippen LogP contribution in [0.25, 0.3) is 0 Å². The summed E-state index contributed by atoms with van der Waals surface area (Å²) in [5, 5.41) is 7.49. The van der Waals surface area contributed by atoms with Gasteiger partial charge in [0, 0.05) is 19.6 Å². The highest BCUT2D eigenvalue weighted by Crippen LogP contribution is 2.19. The topological polar surface area (TPSA) is 63.4 Å². The van der Waals surface area contributed by atoms with Crippen LogP contribution in [-0.2, 0) is 6.42 Å². The minimum Gasteiger partial charge on any atom is -0.493 e. The first kappa shape index (κ1) is 19.7. The van der Waals surface area contributed by atoms with E-state index >= 15 is 0 Å². The molecule has 138 valence electrons. The first-order chi connectivity index (χ1) is 11.6. The number of hydrogen-bond donors (Lipinski definition) is 1. The molecule has 2 heterocycles. The summed E-state index contributed by atoms with van der Waals surface area (Å²) in [5.41, 5.74) is 1.31. The van der Waals surface area contributed by atoms with Crippen LogP contribution < -0.4 is 10.1 Å². The molecule has 1 aromatic carbocycles. The number of hydrogen-bond acceptors (Lipinski definition) is 6. The van der Waals surface area contributed by atoms with E-state index < -0.39 is 0 Å². The maximum Gasteiger partial charge on any atom is 0.230 e. The Bertz CT molecular complexity index is 645. The summed E-state index contributed by atoms with van der Waals surface area (Å²) in [6, 6.07) is 8.42. The van der Waals surface area contributed by atoms with Gasteiger partial charge in [-0.2, -0.15) is 4.98 Å². The van der Waals surface area contributed by atoms with E-state index in [1.54, 1.807) is 0 Å². The van der Waals surface area contributed by atoms with Crippen molar-refractivity contribution in [3.05, 3.63) is 41.5 Å². The Labute approximate surface area is 155 Å². The van der Waals surface area contributed by atoms with Crippen molar-refractivity contribution < 1.29 is 9.26 Å². The SMILES string of the molecule is CC(C)c1ccc(OCCc2nc(C3CNCCN3C)no2)cc1.Cl. The third-order valence-corrected chi connectivity index (χ3v) is 4.42. The molecule has 7 heteroatoms. The first-order valence-electron chi connectivity index (χ1n) is 8.59. The van der Waals surface area contributed by atoms with E-state index in [4.69, 9.17) is 9.26 Å². The molecule has 2 aromatic rings. The van der Waals surface area contributed by atoms with Crippen molar-refractivity contribution in [3.63, 3.8) is 0 Å². The Morgan fingerprint density at radius 3 is 2.76 bits per heavy atom. The Morgan fingerprint density at radius 1 is 1.32 bits per heavy atom. The van der Waals surface area contributed by atoms with Gasteiger partial charge in [-0.15, -0.1) is 12.4 Å². The molecular weight excluding hydrogens is 340 g/mol. The van der Waals surface area contributed by atoms with Gasteiger partial charge in [0.05, 0.1) is 19.1 Å². The average Bonchev–Trinajstić information content (AvgIpc) is 3.04. The lowest BCUT2D eigenvalue weighted by atomic mass is 10.0. The summed E-state index contributed by atoms with van der Waals surface area (Å²) in [6.07, 6.45) is 0.614. The monoisotopic (exact) mass is 366 g/mol. The van der Waals surface area contributed by atoms with E-state index in [1.165, 1.54) is 5.56 Å². The second-order valence-electron chi connectivity index (χ2n) is 6.57. The van der Waals surface area contributed by atoms with Gasteiger partial charge in [-0.3, -0.25) is 4.90 Å². The van der Waals surface area contributed by atoms with E-state index in [9.17, 15) is 0 Å². The van der Waals surface area contributed by atoms with E-state index in [1.807, 2.05) is 12.1 Å². The molecule has 25 heavy (non-hydrogen) atoms. The molecule has 1 unspecified atom stereocenters. The molecular formula is C18H27ClN4O2. The van der Waals surface area contributed by atoms with E-state index in [2.05, 4.69) is 53.4 Å². The van der Waals surface area contributed by atoms with Crippen molar-refractivity contribution >= 4 is 12.4 Å². The summed E-state index contributed by atoms with van der Waals surface area (Å²) in [5.74, 6) is 2.78. The fourth-order valence-corrected chi connectivity index (χ4v) is 2.80. The van der Waals surface area contributed by atoms with Crippen molar-refractivity contribution in [3.8, 4) is 5.75 Å². The number of halogens is 1. The highest BCUT2D eigenvalue weighted by Gasteiger charge is 2.25. The summed E-state index contributed by atoms with van der Waals surface area (Å²) in [6.45, 7) is 7.74. The van der Waals surface area contributed by atoms with E-state index in [-0.39, 0.29) is 18.4 Å². The van der Waals surface area contributed by atoms with E-state index in [0.29, 0.717) is 24.8 Å². The van der Waals surface area contributed by atoms with Gasteiger partial charge in [-0.05, 0) is 30.7 Å². The van der Waals surface area contributed by atoms with Crippen molar-refractivity contribution in [1.29, 1.82) is 0 Å². The average molecular weight is 367 g/mol. The summed E-state index contributed by atoms with van der Waals surface area (Å²) >= 11 is 0. The minimum atomic E-state index is 0. The van der Waals surface area contributed by atoms with Gasteiger partial charge >= 0.3 is 0 Å². The van der Waals surface area contributed by atoms with Crippen LogP contribution in [0.4, 0.5) is 0 Å². The predicted molar refractivity (Wildman–Crippen MR) is 99.5 cm³/mol. The molecule has 3 rings (SSSR count). The van der Waals surface area contributed by atoms with Gasteiger partial charge in [0.2, 0.25) is 5.89 Å². The van der Waals surface area contributed by atoms with Crippen molar-refractivity contribution in [2.75, 3.05) is 33.3 Å². The maximum atomic E-state index is 5.77. The number of piperazine rings is 1. The van der Waals surface area contributed by atoms with Crippen LogP contribution in [0.15, 0.2) is 28.8 Å². The lowest BCUT2D eigenvalue weighted by Gasteiger charge is -2.30. The molecule has 0 bridgehead atoms. The Balaban J connectivity index is 0.00000225. The van der Waals surface area contributed by atoms with E-state index in [0.717, 1.165) is 31.2 Å². The number of nitrogens with one attached hydrogen (secondary N) is 1. The molecule has 1 N–H and O–H groups in total. The normalized spacial score (nSPS) is 18.2. The van der Waals surface area contributed by atoms with Crippen molar-refractivity contribution in [1.82, 2.24) is 20.4 Å². The first-order valence-corrected chi connectivity index (χ1v) is 8.59. The molecule has 0 aliphatic carbocycles. The van der Waals surface area contributed by atoms with Gasteiger partial charge in [-0.1, -0.05) is 31.1 Å². The molecule has 1 fully saturated rings. The molecule has 1 atom stereocenters. The molecule has 0 spiro atoms. The summed E-state index contributed by atoms with van der Waals surface area (Å²) in [7, 11) is 2.09. The van der Waals surface area contributed by atoms with Crippen LogP contribution in [0, 0.1) is 0 Å². The lowest BCUT2D eigenvalue weighted by Crippen LogP contribution is -2.44. The van der Waals surface area contributed by atoms with Gasteiger partial charge < -0.3 is 14.6 Å². The van der Waals surface area contributed by atoms with Crippen LogP contribution in [-0.4, -0.2) is 48.3 Å². The number of benzene rings is 1. The molecule has 0 amide bonds. The minimum absolute atomic E-state index is 0. The Morgan fingerprint density at radius 2 is 2.08 bits per heavy atom. The molecule has 1 aliphatic rings. The second-order valence-corrected chi connectivity index (χ2v) is 6.57. The third kappa shape index (κ3) is 5.17. The highest BCUT2D eigenvalue weighted by atomic mass is 35.5. The fourth-order valence-electron chi connectivity index (χ4n) is 2.80. The van der Waals surface area contributed by atoms with Crippen LogP contribution in [0.1, 0.15) is 43.1 Å². The number of likely N-dealkylation sites (N-methyl/N-ethyl adjacent to an activating group) is 1.